The number of alkyl halides is 3. The summed E-state index contributed by atoms with van der Waals surface area (Å²) in [6.45, 7) is 0. The van der Waals surface area contributed by atoms with Crippen LogP contribution in [0.15, 0.2) is 41.8 Å². The third-order valence-electron chi connectivity index (χ3n) is 2.78. The highest BCUT2D eigenvalue weighted by atomic mass is 32.1. The Morgan fingerprint density at radius 2 is 1.91 bits per heavy atom. The predicted molar refractivity (Wildman–Crippen MR) is 78.2 cm³/mol. The highest BCUT2D eigenvalue weighted by Gasteiger charge is 2.41. The fourth-order valence-electron chi connectivity index (χ4n) is 1.70. The first kappa shape index (κ1) is 16.0. The van der Waals surface area contributed by atoms with Crippen LogP contribution in [0.3, 0.4) is 0 Å². The van der Waals surface area contributed by atoms with Gasteiger partial charge in [0, 0.05) is 18.4 Å². The first-order valence-corrected chi connectivity index (χ1v) is 6.97. The van der Waals surface area contributed by atoms with E-state index in [2.05, 4.69) is 5.32 Å². The van der Waals surface area contributed by atoms with Gasteiger partial charge in [-0.2, -0.15) is 13.2 Å². The molecule has 116 valence electrons. The molecule has 0 saturated carbocycles. The Morgan fingerprint density at radius 3 is 2.50 bits per heavy atom. The predicted octanol–water partition coefficient (Wildman–Crippen LogP) is 3.53. The molecule has 1 aromatic heterocycles. The number of rotatable bonds is 3. The van der Waals surface area contributed by atoms with E-state index in [0.717, 1.165) is 7.05 Å². The number of carbonyl (C=O) groups is 2. The molecular formula is C14H11F3N2O2S. The van der Waals surface area contributed by atoms with Crippen molar-refractivity contribution in [2.45, 2.75) is 6.18 Å². The molecule has 0 unspecified atom stereocenters. The van der Waals surface area contributed by atoms with Gasteiger partial charge in [-0.1, -0.05) is 12.1 Å². The Labute approximate surface area is 128 Å². The fourth-order valence-corrected chi connectivity index (χ4v) is 2.32. The summed E-state index contributed by atoms with van der Waals surface area (Å²) in [7, 11) is 1.02. The van der Waals surface area contributed by atoms with Gasteiger partial charge in [0.25, 0.3) is 5.91 Å². The van der Waals surface area contributed by atoms with Crippen LogP contribution in [0.25, 0.3) is 0 Å². The minimum absolute atomic E-state index is 0.0336. The summed E-state index contributed by atoms with van der Waals surface area (Å²) in [6.07, 6.45) is -4.95. The zero-order chi connectivity index (χ0) is 16.3. The Balaban J connectivity index is 2.16. The van der Waals surface area contributed by atoms with Gasteiger partial charge in [0.15, 0.2) is 0 Å². The van der Waals surface area contributed by atoms with E-state index < -0.39 is 12.1 Å². The first-order valence-electron chi connectivity index (χ1n) is 6.09. The van der Waals surface area contributed by atoms with Crippen LogP contribution in [0.5, 0.6) is 0 Å². The zero-order valence-electron chi connectivity index (χ0n) is 11.3. The highest BCUT2D eigenvalue weighted by molar-refractivity contribution is 7.12. The molecule has 1 heterocycles. The molecule has 0 aliphatic carbocycles. The zero-order valence-corrected chi connectivity index (χ0v) is 12.2. The quantitative estimate of drug-likeness (QED) is 0.937. The van der Waals surface area contributed by atoms with Crippen molar-refractivity contribution in [3.05, 3.63) is 46.7 Å². The molecule has 22 heavy (non-hydrogen) atoms. The Kier molecular flexibility index (Phi) is 4.51. The minimum atomic E-state index is -4.95. The maximum atomic E-state index is 12.4. The second-order valence-corrected chi connectivity index (χ2v) is 5.29. The van der Waals surface area contributed by atoms with Gasteiger partial charge in [0.2, 0.25) is 0 Å². The molecule has 4 nitrogen and oxygen atoms in total. The lowest BCUT2D eigenvalue weighted by Gasteiger charge is -2.19. The van der Waals surface area contributed by atoms with E-state index in [9.17, 15) is 22.8 Å². The van der Waals surface area contributed by atoms with Crippen molar-refractivity contribution in [2.75, 3.05) is 17.3 Å². The van der Waals surface area contributed by atoms with Gasteiger partial charge < -0.3 is 10.2 Å². The number of halogens is 3. The van der Waals surface area contributed by atoms with Gasteiger partial charge in [-0.15, -0.1) is 11.3 Å². The molecule has 8 heteroatoms. The van der Waals surface area contributed by atoms with Crippen molar-refractivity contribution in [1.82, 2.24) is 0 Å². The number of carbonyl (C=O) groups excluding carboxylic acids is 2. The smallest absolute Gasteiger partial charge is 0.321 e. The largest absolute Gasteiger partial charge is 0.471 e. The minimum Gasteiger partial charge on any atom is -0.321 e. The molecule has 2 aromatic rings. The Hall–Kier alpha value is -2.35. The average molecular weight is 328 g/mol. The first-order chi connectivity index (χ1) is 10.3. The monoisotopic (exact) mass is 328 g/mol. The molecule has 0 saturated heterocycles. The molecule has 0 aliphatic rings. The summed E-state index contributed by atoms with van der Waals surface area (Å²) in [6, 6.07) is 8.98. The maximum absolute atomic E-state index is 12.4. The summed E-state index contributed by atoms with van der Waals surface area (Å²) in [5.41, 5.74) is 0.337. The number of nitrogens with zero attached hydrogens (tertiary/aromatic N) is 1. The van der Waals surface area contributed by atoms with Crippen molar-refractivity contribution in [3.8, 4) is 0 Å². The number of amides is 2. The molecule has 0 aliphatic heterocycles. The molecule has 0 radical (unpaired) electrons. The number of thiophene rings is 1. The third kappa shape index (κ3) is 3.64. The van der Waals surface area contributed by atoms with Crippen LogP contribution >= 0.6 is 11.3 Å². The number of benzene rings is 1. The SMILES string of the molecule is CN(C(=O)C(F)(F)F)c1cccc(NC(=O)c2cccs2)c1. The van der Waals surface area contributed by atoms with Gasteiger partial charge in [-0.3, -0.25) is 9.59 Å². The lowest BCUT2D eigenvalue weighted by molar-refractivity contribution is -0.170. The summed E-state index contributed by atoms with van der Waals surface area (Å²) in [5.74, 6) is -2.34. The summed E-state index contributed by atoms with van der Waals surface area (Å²) in [5, 5.41) is 4.31. The molecule has 0 fully saturated rings. The summed E-state index contributed by atoms with van der Waals surface area (Å²) < 4.78 is 37.3. The van der Waals surface area contributed by atoms with Crippen LogP contribution in [0.1, 0.15) is 9.67 Å². The van der Waals surface area contributed by atoms with Gasteiger partial charge in [-0.05, 0) is 29.6 Å². The standard InChI is InChI=1S/C14H11F3N2O2S/c1-19(13(21)14(15,16)17)10-5-2-4-9(8-10)18-12(20)11-6-3-7-22-11/h2-8H,1H3,(H,18,20). The fraction of sp³-hybridized carbons (Fsp3) is 0.143. The Morgan fingerprint density at radius 1 is 1.18 bits per heavy atom. The van der Waals surface area contributed by atoms with E-state index in [1.807, 2.05) is 0 Å². The van der Waals surface area contributed by atoms with Crippen molar-refractivity contribution < 1.29 is 22.8 Å². The molecule has 2 rings (SSSR count). The molecule has 2 amide bonds. The summed E-state index contributed by atoms with van der Waals surface area (Å²) >= 11 is 1.24. The molecule has 0 spiro atoms. The van der Waals surface area contributed by atoms with E-state index in [0.29, 0.717) is 15.5 Å². The molecule has 0 bridgehead atoms. The van der Waals surface area contributed by atoms with Gasteiger partial charge in [0.1, 0.15) is 0 Å². The third-order valence-corrected chi connectivity index (χ3v) is 3.65. The van der Waals surface area contributed by atoms with Gasteiger partial charge in [-0.25, -0.2) is 0 Å². The van der Waals surface area contributed by atoms with Crippen molar-refractivity contribution in [2.24, 2.45) is 0 Å². The van der Waals surface area contributed by atoms with E-state index in [1.165, 1.54) is 35.6 Å². The van der Waals surface area contributed by atoms with Gasteiger partial charge >= 0.3 is 12.1 Å². The number of hydrogen-bond donors (Lipinski definition) is 1. The average Bonchev–Trinajstić information content (AvgIpc) is 2.99. The molecular weight excluding hydrogens is 317 g/mol. The van der Waals surface area contributed by atoms with Crippen LogP contribution in [0.4, 0.5) is 24.5 Å². The van der Waals surface area contributed by atoms with E-state index in [1.54, 1.807) is 17.5 Å². The lowest BCUT2D eigenvalue weighted by atomic mass is 10.2. The van der Waals surface area contributed by atoms with Crippen LogP contribution in [-0.2, 0) is 4.79 Å². The maximum Gasteiger partial charge on any atom is 0.471 e. The second kappa shape index (κ2) is 6.18. The van der Waals surface area contributed by atoms with E-state index in [-0.39, 0.29) is 11.6 Å². The van der Waals surface area contributed by atoms with Crippen LogP contribution in [-0.4, -0.2) is 25.0 Å². The topological polar surface area (TPSA) is 49.4 Å². The molecule has 1 N–H and O–H groups in total. The number of anilines is 2. The lowest BCUT2D eigenvalue weighted by Crippen LogP contribution is -2.38. The van der Waals surface area contributed by atoms with E-state index >= 15 is 0 Å². The molecule has 1 aromatic carbocycles. The van der Waals surface area contributed by atoms with Crippen molar-refractivity contribution in [3.63, 3.8) is 0 Å². The van der Waals surface area contributed by atoms with Crippen LogP contribution in [0, 0.1) is 0 Å². The number of hydrogen-bond acceptors (Lipinski definition) is 3. The van der Waals surface area contributed by atoms with Crippen molar-refractivity contribution in [1.29, 1.82) is 0 Å². The highest BCUT2D eigenvalue weighted by Crippen LogP contribution is 2.25. The van der Waals surface area contributed by atoms with Crippen LogP contribution < -0.4 is 10.2 Å². The van der Waals surface area contributed by atoms with E-state index in [4.69, 9.17) is 0 Å². The normalized spacial score (nSPS) is 11.1. The Bertz CT molecular complexity index is 684. The van der Waals surface area contributed by atoms with Gasteiger partial charge in [0.05, 0.1) is 4.88 Å². The van der Waals surface area contributed by atoms with Crippen molar-refractivity contribution >= 4 is 34.5 Å². The number of nitrogens with one attached hydrogen (secondary N) is 1. The second-order valence-electron chi connectivity index (χ2n) is 4.34. The molecule has 0 atom stereocenters. The van der Waals surface area contributed by atoms with Crippen LogP contribution in [0.2, 0.25) is 0 Å². The summed E-state index contributed by atoms with van der Waals surface area (Å²) in [4.78, 5) is 24.1.